The van der Waals surface area contributed by atoms with Crippen LogP contribution in [0.15, 0.2) is 83.9 Å². The van der Waals surface area contributed by atoms with Gasteiger partial charge in [0.2, 0.25) is 0 Å². The Hall–Kier alpha value is -3.16. The highest BCUT2D eigenvalue weighted by atomic mass is 32.2. The molecule has 6 nitrogen and oxygen atoms in total. The zero-order chi connectivity index (χ0) is 22.1. The molecule has 0 aromatic heterocycles. The van der Waals surface area contributed by atoms with E-state index >= 15 is 0 Å². The molecule has 2 aromatic carbocycles. The number of fused-ring (bicyclic) bond motifs is 2. The van der Waals surface area contributed by atoms with Crippen molar-refractivity contribution in [3.05, 3.63) is 95.6 Å². The Kier molecular flexibility index (Phi) is 5.68. The van der Waals surface area contributed by atoms with Crippen molar-refractivity contribution < 1.29 is 14.7 Å². The third-order valence-corrected chi connectivity index (χ3v) is 6.91. The van der Waals surface area contributed by atoms with Crippen LogP contribution in [0.4, 0.5) is 0 Å². The number of hydrogen-bond donors (Lipinski definition) is 1. The molecule has 0 unspecified atom stereocenters. The summed E-state index contributed by atoms with van der Waals surface area (Å²) in [5, 5.41) is 11.7. The molecular formula is C25H23N3O3S. The molecule has 2 aromatic rings. The molecule has 162 valence electrons. The number of aliphatic imine (C=N–C) groups is 1. The fourth-order valence-electron chi connectivity index (χ4n) is 4.26. The van der Waals surface area contributed by atoms with Crippen molar-refractivity contribution in [3.63, 3.8) is 0 Å². The van der Waals surface area contributed by atoms with Crippen LogP contribution in [0.1, 0.15) is 26.3 Å². The zero-order valence-electron chi connectivity index (χ0n) is 17.4. The van der Waals surface area contributed by atoms with Crippen LogP contribution in [0.3, 0.4) is 0 Å². The van der Waals surface area contributed by atoms with Gasteiger partial charge in [-0.15, -0.1) is 0 Å². The molecule has 3 aliphatic rings. The van der Waals surface area contributed by atoms with Gasteiger partial charge in [0.1, 0.15) is 0 Å². The minimum absolute atomic E-state index is 0.00442. The first-order valence-corrected chi connectivity index (χ1v) is 11.6. The molecule has 3 atom stereocenters. The van der Waals surface area contributed by atoms with Gasteiger partial charge in [0.15, 0.2) is 5.17 Å². The van der Waals surface area contributed by atoms with Gasteiger partial charge in [-0.3, -0.25) is 19.5 Å². The van der Waals surface area contributed by atoms with Crippen LogP contribution in [0.5, 0.6) is 0 Å². The Balaban J connectivity index is 1.28. The molecule has 0 radical (unpaired) electrons. The van der Waals surface area contributed by atoms with Gasteiger partial charge < -0.3 is 10.0 Å². The first-order chi connectivity index (χ1) is 15.6. The number of rotatable bonds is 6. The van der Waals surface area contributed by atoms with Crippen molar-refractivity contribution in [2.24, 2.45) is 4.99 Å². The van der Waals surface area contributed by atoms with Crippen molar-refractivity contribution in [2.75, 3.05) is 13.1 Å². The minimum Gasteiger partial charge on any atom is -0.389 e. The standard InChI is InChI=1S/C25H23N3O3S/c29-18(15-28-23(30)19-10-4-5-11-20(19)24(28)31)14-27-22-13-7-6-12-21(22)26-25(27)32-16-17-8-2-1-3-9-17/h1-13,18,21-22,29H,14-16H2/t18-,21+,22+/m1/s1. The molecular weight excluding hydrogens is 422 g/mol. The van der Waals surface area contributed by atoms with Crippen LogP contribution in [-0.4, -0.2) is 63.2 Å². The second kappa shape index (κ2) is 8.76. The summed E-state index contributed by atoms with van der Waals surface area (Å²) in [5.41, 5.74) is 1.99. The fourth-order valence-corrected chi connectivity index (χ4v) is 5.31. The summed E-state index contributed by atoms with van der Waals surface area (Å²) in [5.74, 6) is 0.0749. The molecule has 1 aliphatic carbocycles. The number of aliphatic hydroxyl groups is 1. The number of carbonyl (C=O) groups is 2. The molecule has 5 rings (SSSR count). The summed E-state index contributed by atoms with van der Waals surface area (Å²) in [6.07, 6.45) is 7.23. The highest BCUT2D eigenvalue weighted by molar-refractivity contribution is 8.13. The maximum Gasteiger partial charge on any atom is 0.261 e. The smallest absolute Gasteiger partial charge is 0.261 e. The molecule has 0 saturated heterocycles. The number of β-amino-alcohol motifs (C(OH)–C–C–N with tert-alkyl or cyclic N) is 1. The maximum absolute atomic E-state index is 12.7. The van der Waals surface area contributed by atoms with E-state index in [0.29, 0.717) is 11.1 Å². The van der Waals surface area contributed by atoms with Crippen LogP contribution in [0, 0.1) is 0 Å². The Labute approximate surface area is 190 Å². The third kappa shape index (κ3) is 3.89. The number of nitrogens with zero attached hydrogens (tertiary/aromatic N) is 3. The first kappa shape index (κ1) is 20.7. The number of amides is 2. The number of imide groups is 1. The van der Waals surface area contributed by atoms with Gasteiger partial charge in [-0.1, -0.05) is 78.5 Å². The van der Waals surface area contributed by atoms with E-state index < -0.39 is 6.10 Å². The van der Waals surface area contributed by atoms with E-state index in [0.717, 1.165) is 15.8 Å². The van der Waals surface area contributed by atoms with Crippen LogP contribution in [0.2, 0.25) is 0 Å². The summed E-state index contributed by atoms with van der Waals surface area (Å²) in [6, 6.07) is 17.0. The van der Waals surface area contributed by atoms with Gasteiger partial charge in [-0.05, 0) is 17.7 Å². The van der Waals surface area contributed by atoms with E-state index in [-0.39, 0.29) is 37.0 Å². The summed E-state index contributed by atoms with van der Waals surface area (Å²) < 4.78 is 0. The first-order valence-electron chi connectivity index (χ1n) is 10.6. The Bertz CT molecular complexity index is 1090. The lowest BCUT2D eigenvalue weighted by Gasteiger charge is -2.31. The van der Waals surface area contributed by atoms with E-state index in [2.05, 4.69) is 29.2 Å². The Morgan fingerprint density at radius 2 is 1.56 bits per heavy atom. The number of thioether (sulfide) groups is 1. The van der Waals surface area contributed by atoms with Crippen molar-refractivity contribution in [3.8, 4) is 0 Å². The highest BCUT2D eigenvalue weighted by Crippen LogP contribution is 2.30. The van der Waals surface area contributed by atoms with Gasteiger partial charge in [-0.2, -0.15) is 0 Å². The summed E-state index contributed by atoms with van der Waals surface area (Å²) >= 11 is 1.64. The highest BCUT2D eigenvalue weighted by Gasteiger charge is 2.39. The molecule has 0 fully saturated rings. The van der Waals surface area contributed by atoms with E-state index in [1.165, 1.54) is 5.56 Å². The van der Waals surface area contributed by atoms with Crippen LogP contribution in [-0.2, 0) is 5.75 Å². The van der Waals surface area contributed by atoms with Crippen LogP contribution < -0.4 is 0 Å². The average molecular weight is 446 g/mol. The lowest BCUT2D eigenvalue weighted by Crippen LogP contribution is -2.46. The second-order valence-electron chi connectivity index (χ2n) is 8.01. The lowest BCUT2D eigenvalue weighted by atomic mass is 10.0. The SMILES string of the molecule is O=C1c2ccccc2C(=O)N1C[C@H](O)CN1C(SCc2ccccc2)=N[C@H]2C=CC=C[C@@H]21. The van der Waals surface area contributed by atoms with E-state index in [1.54, 1.807) is 36.0 Å². The number of carbonyl (C=O) groups excluding carboxylic acids is 2. The quantitative estimate of drug-likeness (QED) is 0.692. The topological polar surface area (TPSA) is 73.2 Å². The summed E-state index contributed by atoms with van der Waals surface area (Å²) in [6.45, 7) is 0.240. The van der Waals surface area contributed by atoms with Crippen molar-refractivity contribution >= 4 is 28.7 Å². The summed E-state index contributed by atoms with van der Waals surface area (Å²) in [7, 11) is 0. The Morgan fingerprint density at radius 1 is 0.906 bits per heavy atom. The molecule has 2 heterocycles. The molecule has 2 amide bonds. The monoisotopic (exact) mass is 445 g/mol. The largest absolute Gasteiger partial charge is 0.389 e. The molecule has 0 saturated carbocycles. The number of aliphatic hydroxyl groups excluding tert-OH is 1. The van der Waals surface area contributed by atoms with Crippen molar-refractivity contribution in [1.82, 2.24) is 9.80 Å². The third-order valence-electron chi connectivity index (χ3n) is 5.83. The lowest BCUT2D eigenvalue weighted by molar-refractivity contribution is 0.0509. The number of amidine groups is 1. The van der Waals surface area contributed by atoms with Gasteiger partial charge >= 0.3 is 0 Å². The molecule has 7 heteroatoms. The zero-order valence-corrected chi connectivity index (χ0v) is 18.2. The molecule has 2 aliphatic heterocycles. The van der Waals surface area contributed by atoms with Crippen LogP contribution in [0.25, 0.3) is 0 Å². The number of hydrogen-bond acceptors (Lipinski definition) is 6. The predicted molar refractivity (Wildman–Crippen MR) is 126 cm³/mol. The Morgan fingerprint density at radius 3 is 2.28 bits per heavy atom. The number of benzene rings is 2. The second-order valence-corrected chi connectivity index (χ2v) is 8.95. The average Bonchev–Trinajstić information content (AvgIpc) is 3.29. The van der Waals surface area contributed by atoms with Gasteiger partial charge in [0.25, 0.3) is 11.8 Å². The fraction of sp³-hybridized carbons (Fsp3) is 0.240. The van der Waals surface area contributed by atoms with Gasteiger partial charge in [-0.25, -0.2) is 0 Å². The van der Waals surface area contributed by atoms with Gasteiger partial charge in [0, 0.05) is 12.3 Å². The molecule has 32 heavy (non-hydrogen) atoms. The molecule has 0 bridgehead atoms. The molecule has 0 spiro atoms. The van der Waals surface area contributed by atoms with Crippen LogP contribution >= 0.6 is 11.8 Å². The van der Waals surface area contributed by atoms with Crippen molar-refractivity contribution in [1.29, 1.82) is 0 Å². The number of allylic oxidation sites excluding steroid dienone is 2. The summed E-state index contributed by atoms with van der Waals surface area (Å²) in [4.78, 5) is 33.4. The van der Waals surface area contributed by atoms with E-state index in [4.69, 9.17) is 4.99 Å². The van der Waals surface area contributed by atoms with E-state index in [9.17, 15) is 14.7 Å². The van der Waals surface area contributed by atoms with Gasteiger partial charge in [0.05, 0.1) is 35.9 Å². The normalized spacial score (nSPS) is 22.2. The predicted octanol–water partition coefficient (Wildman–Crippen LogP) is 3.11. The molecule has 1 N–H and O–H groups in total. The van der Waals surface area contributed by atoms with E-state index in [1.807, 2.05) is 30.4 Å². The van der Waals surface area contributed by atoms with Crippen molar-refractivity contribution in [2.45, 2.75) is 23.9 Å². The maximum atomic E-state index is 12.7. The minimum atomic E-state index is -0.891.